The van der Waals surface area contributed by atoms with Gasteiger partial charge in [-0.25, -0.2) is 13.5 Å². The summed E-state index contributed by atoms with van der Waals surface area (Å²) in [4.78, 5) is 10.9. The highest BCUT2D eigenvalue weighted by Crippen LogP contribution is 2.25. The number of benzene rings is 1. The summed E-state index contributed by atoms with van der Waals surface area (Å²) in [6.45, 7) is 1.65. The average molecular weight is 285 g/mol. The summed E-state index contributed by atoms with van der Waals surface area (Å²) in [5, 5.41) is 6.11. The zero-order valence-corrected chi connectivity index (χ0v) is 10.9. The van der Waals surface area contributed by atoms with Crippen molar-refractivity contribution >= 4 is 19.7 Å². The molecule has 0 aliphatic heterocycles. The van der Waals surface area contributed by atoms with Gasteiger partial charge >= 0.3 is 0 Å². The lowest BCUT2D eigenvalue weighted by Gasteiger charge is -2.05. The molecule has 2 aromatic rings. The fourth-order valence-corrected chi connectivity index (χ4v) is 2.75. The number of halogens is 1. The van der Waals surface area contributed by atoms with Crippen LogP contribution in [0.5, 0.6) is 0 Å². The summed E-state index contributed by atoms with van der Waals surface area (Å²) in [5.41, 5.74) is 1.27. The minimum Gasteiger partial charge on any atom is -0.268 e. The molecule has 1 aromatic carbocycles. The van der Waals surface area contributed by atoms with Crippen molar-refractivity contribution in [3.63, 3.8) is 0 Å². The molecule has 0 aliphatic rings. The molecule has 94 valence electrons. The molecule has 1 heterocycles. The molecular weight excluding hydrogens is 276 g/mol. The van der Waals surface area contributed by atoms with Crippen molar-refractivity contribution in [3.05, 3.63) is 46.2 Å². The fourth-order valence-electron chi connectivity index (χ4n) is 1.53. The van der Waals surface area contributed by atoms with Gasteiger partial charge in [-0.2, -0.15) is 5.10 Å². The van der Waals surface area contributed by atoms with Gasteiger partial charge in [-0.1, -0.05) is 12.1 Å². The second-order valence-corrected chi connectivity index (χ2v) is 6.26. The van der Waals surface area contributed by atoms with Gasteiger partial charge in [-0.05, 0) is 24.6 Å². The highest BCUT2D eigenvalue weighted by molar-refractivity contribution is 8.13. The van der Waals surface area contributed by atoms with Gasteiger partial charge in [0.1, 0.15) is 0 Å². The van der Waals surface area contributed by atoms with Crippen molar-refractivity contribution in [3.8, 4) is 11.3 Å². The van der Waals surface area contributed by atoms with Crippen LogP contribution in [0.25, 0.3) is 11.3 Å². The Balaban J connectivity index is 2.61. The second kappa shape index (κ2) is 4.55. The largest absolute Gasteiger partial charge is 0.268 e. The van der Waals surface area contributed by atoms with Gasteiger partial charge in [0.05, 0.1) is 10.6 Å². The molecular formula is C11H9ClN2O3S. The van der Waals surface area contributed by atoms with Crippen LogP contribution >= 0.6 is 10.7 Å². The molecule has 0 spiro atoms. The maximum absolute atomic E-state index is 11.4. The first-order valence-electron chi connectivity index (χ1n) is 4.99. The first kappa shape index (κ1) is 12.8. The molecule has 1 aromatic heterocycles. The Kier molecular flexibility index (Phi) is 3.23. The second-order valence-electron chi connectivity index (χ2n) is 3.72. The molecule has 2 rings (SSSR count). The quantitative estimate of drug-likeness (QED) is 0.851. The van der Waals surface area contributed by atoms with Crippen LogP contribution in [0.1, 0.15) is 5.56 Å². The third-order valence-electron chi connectivity index (χ3n) is 2.43. The SMILES string of the molecule is Cc1ccc(-c2ccc(=O)[nH]n2)cc1S(=O)(=O)Cl. The fraction of sp³-hybridized carbons (Fsp3) is 0.0909. The number of hydrogen-bond acceptors (Lipinski definition) is 4. The Morgan fingerprint density at radius 3 is 2.50 bits per heavy atom. The number of nitrogens with zero attached hydrogens (tertiary/aromatic N) is 1. The van der Waals surface area contributed by atoms with Crippen molar-refractivity contribution in [1.29, 1.82) is 0 Å². The van der Waals surface area contributed by atoms with E-state index in [1.165, 1.54) is 18.2 Å². The summed E-state index contributed by atoms with van der Waals surface area (Å²) < 4.78 is 22.8. The molecule has 0 saturated heterocycles. The molecule has 0 radical (unpaired) electrons. The first-order valence-corrected chi connectivity index (χ1v) is 7.30. The monoisotopic (exact) mass is 284 g/mol. The number of hydrogen-bond donors (Lipinski definition) is 1. The molecule has 5 nitrogen and oxygen atoms in total. The summed E-state index contributed by atoms with van der Waals surface area (Å²) >= 11 is 0. The van der Waals surface area contributed by atoms with Crippen molar-refractivity contribution in [2.75, 3.05) is 0 Å². The van der Waals surface area contributed by atoms with Crippen LogP contribution in [-0.2, 0) is 9.05 Å². The predicted octanol–water partition coefficient (Wildman–Crippen LogP) is 1.67. The Labute approximate surface area is 108 Å². The number of aryl methyl sites for hydroxylation is 1. The van der Waals surface area contributed by atoms with E-state index in [-0.39, 0.29) is 10.5 Å². The molecule has 0 saturated carbocycles. The van der Waals surface area contributed by atoms with E-state index in [2.05, 4.69) is 10.2 Å². The van der Waals surface area contributed by atoms with E-state index in [0.717, 1.165) is 0 Å². The highest BCUT2D eigenvalue weighted by atomic mass is 35.7. The minimum atomic E-state index is -3.80. The lowest BCUT2D eigenvalue weighted by Crippen LogP contribution is -2.05. The molecule has 0 unspecified atom stereocenters. The minimum absolute atomic E-state index is 0.0367. The van der Waals surface area contributed by atoms with Crippen LogP contribution in [-0.4, -0.2) is 18.6 Å². The van der Waals surface area contributed by atoms with Crippen molar-refractivity contribution in [1.82, 2.24) is 10.2 Å². The Bertz CT molecular complexity index is 733. The van der Waals surface area contributed by atoms with Gasteiger partial charge in [-0.3, -0.25) is 4.79 Å². The van der Waals surface area contributed by atoms with Gasteiger partial charge in [0, 0.05) is 22.3 Å². The summed E-state index contributed by atoms with van der Waals surface area (Å²) in [7, 11) is 1.54. The number of H-pyrrole nitrogens is 1. The number of rotatable bonds is 2. The van der Waals surface area contributed by atoms with E-state index in [1.807, 2.05) is 0 Å². The zero-order chi connectivity index (χ0) is 13.3. The van der Waals surface area contributed by atoms with Gasteiger partial charge in [0.25, 0.3) is 14.6 Å². The standard InChI is InChI=1S/C11H9ClN2O3S/c1-7-2-3-8(6-10(7)18(12,16)17)9-4-5-11(15)14-13-9/h2-6H,1H3,(H,14,15). The van der Waals surface area contributed by atoms with Crippen molar-refractivity contribution < 1.29 is 8.42 Å². The maximum atomic E-state index is 11.4. The lowest BCUT2D eigenvalue weighted by molar-refractivity contribution is 0.609. The van der Waals surface area contributed by atoms with E-state index in [0.29, 0.717) is 16.8 Å². The molecule has 0 fully saturated rings. The number of nitrogens with one attached hydrogen (secondary N) is 1. The van der Waals surface area contributed by atoms with Gasteiger partial charge in [0.15, 0.2) is 0 Å². The van der Waals surface area contributed by atoms with Crippen LogP contribution in [0.15, 0.2) is 40.0 Å². The molecule has 0 aliphatic carbocycles. The summed E-state index contributed by atoms with van der Waals surface area (Å²) in [5.74, 6) is 0. The third kappa shape index (κ3) is 2.60. The zero-order valence-electron chi connectivity index (χ0n) is 9.34. The predicted molar refractivity (Wildman–Crippen MR) is 68.1 cm³/mol. The molecule has 7 heteroatoms. The number of aromatic amines is 1. The van der Waals surface area contributed by atoms with E-state index in [1.54, 1.807) is 19.1 Å². The first-order chi connectivity index (χ1) is 8.38. The van der Waals surface area contributed by atoms with Crippen LogP contribution in [0.2, 0.25) is 0 Å². The van der Waals surface area contributed by atoms with Crippen LogP contribution in [0, 0.1) is 6.92 Å². The topological polar surface area (TPSA) is 79.9 Å². The number of aromatic nitrogens is 2. The molecule has 1 N–H and O–H groups in total. The third-order valence-corrected chi connectivity index (χ3v) is 3.89. The molecule has 0 bridgehead atoms. The van der Waals surface area contributed by atoms with Crippen LogP contribution in [0.4, 0.5) is 0 Å². The Hall–Kier alpha value is -1.66. The van der Waals surface area contributed by atoms with Crippen molar-refractivity contribution in [2.24, 2.45) is 0 Å². The van der Waals surface area contributed by atoms with Gasteiger partial charge in [0.2, 0.25) is 0 Å². The summed E-state index contributed by atoms with van der Waals surface area (Å²) in [6, 6.07) is 7.60. The van der Waals surface area contributed by atoms with E-state index in [9.17, 15) is 13.2 Å². The average Bonchev–Trinajstić information content (AvgIpc) is 2.29. The normalized spacial score (nSPS) is 11.4. The highest BCUT2D eigenvalue weighted by Gasteiger charge is 2.14. The summed E-state index contributed by atoms with van der Waals surface area (Å²) in [6.07, 6.45) is 0. The maximum Gasteiger partial charge on any atom is 0.264 e. The van der Waals surface area contributed by atoms with Crippen LogP contribution in [0.3, 0.4) is 0 Å². The van der Waals surface area contributed by atoms with Crippen molar-refractivity contribution in [2.45, 2.75) is 11.8 Å². The van der Waals surface area contributed by atoms with Crippen LogP contribution < -0.4 is 5.56 Å². The van der Waals surface area contributed by atoms with E-state index in [4.69, 9.17) is 10.7 Å². The lowest BCUT2D eigenvalue weighted by atomic mass is 10.1. The van der Waals surface area contributed by atoms with Gasteiger partial charge in [-0.15, -0.1) is 0 Å². The van der Waals surface area contributed by atoms with Gasteiger partial charge < -0.3 is 0 Å². The molecule has 18 heavy (non-hydrogen) atoms. The van der Waals surface area contributed by atoms with E-state index >= 15 is 0 Å². The van der Waals surface area contributed by atoms with E-state index < -0.39 is 9.05 Å². The smallest absolute Gasteiger partial charge is 0.264 e. The molecule has 0 amide bonds. The Morgan fingerprint density at radius 1 is 1.22 bits per heavy atom. The molecule has 0 atom stereocenters. The Morgan fingerprint density at radius 2 is 1.94 bits per heavy atom.